The Morgan fingerprint density at radius 1 is 1.17 bits per heavy atom. The molecule has 0 fully saturated rings. The average molecular weight is 160 g/mol. The molecule has 4 heteroatoms. The van der Waals surface area contributed by atoms with Gasteiger partial charge in [0.05, 0.1) is 5.69 Å². The highest BCUT2D eigenvalue weighted by atomic mass is 15.2. The number of nitrogen functional groups attached to an aromatic ring is 1. The lowest BCUT2D eigenvalue weighted by atomic mass is 10.3. The fourth-order valence-corrected chi connectivity index (χ4v) is 1.02. The maximum absolute atomic E-state index is 5.61. The quantitative estimate of drug-likeness (QED) is 0.629. The van der Waals surface area contributed by atoms with E-state index in [2.05, 4.69) is 10.2 Å². The summed E-state index contributed by atoms with van der Waals surface area (Å²) in [5.74, 6) is 0. The summed E-state index contributed by atoms with van der Waals surface area (Å²) in [5.41, 5.74) is 7.32. The molecule has 0 unspecified atom stereocenters. The Morgan fingerprint density at radius 3 is 2.58 bits per heavy atom. The van der Waals surface area contributed by atoms with Crippen LogP contribution in [0.3, 0.4) is 0 Å². The van der Waals surface area contributed by atoms with Crippen molar-refractivity contribution in [2.24, 2.45) is 0 Å². The molecule has 1 aromatic heterocycles. The van der Waals surface area contributed by atoms with Crippen molar-refractivity contribution >= 4 is 5.69 Å². The molecule has 2 rings (SSSR count). The number of rotatable bonds is 1. The Balaban J connectivity index is 2.48. The number of anilines is 1. The zero-order chi connectivity index (χ0) is 8.39. The molecule has 0 saturated heterocycles. The lowest BCUT2D eigenvalue weighted by molar-refractivity contribution is 1.06. The second-order valence-corrected chi connectivity index (χ2v) is 2.46. The minimum Gasteiger partial charge on any atom is -0.399 e. The van der Waals surface area contributed by atoms with Gasteiger partial charge < -0.3 is 5.73 Å². The first-order valence-corrected chi connectivity index (χ1v) is 3.57. The summed E-state index contributed by atoms with van der Waals surface area (Å²) in [6.45, 7) is 0. The van der Waals surface area contributed by atoms with Crippen LogP contribution in [-0.4, -0.2) is 14.8 Å². The summed E-state index contributed by atoms with van der Waals surface area (Å²) >= 11 is 0. The number of hydrogen-bond donors (Lipinski definition) is 1. The van der Waals surface area contributed by atoms with E-state index in [0.717, 1.165) is 11.4 Å². The first kappa shape index (κ1) is 6.84. The van der Waals surface area contributed by atoms with Crippen LogP contribution in [0.25, 0.3) is 5.69 Å². The van der Waals surface area contributed by atoms with E-state index in [9.17, 15) is 0 Å². The Kier molecular flexibility index (Phi) is 1.51. The molecule has 1 aromatic carbocycles. The van der Waals surface area contributed by atoms with Crippen molar-refractivity contribution in [2.45, 2.75) is 0 Å². The van der Waals surface area contributed by atoms with Gasteiger partial charge in [-0.05, 0) is 18.2 Å². The van der Waals surface area contributed by atoms with E-state index in [0.29, 0.717) is 0 Å². The normalized spacial score (nSPS) is 10.0. The van der Waals surface area contributed by atoms with Gasteiger partial charge in [-0.3, -0.25) is 4.57 Å². The largest absolute Gasteiger partial charge is 0.399 e. The lowest BCUT2D eigenvalue weighted by Gasteiger charge is -2.00. The topological polar surface area (TPSA) is 56.7 Å². The van der Waals surface area contributed by atoms with Crippen molar-refractivity contribution in [1.29, 1.82) is 0 Å². The molecule has 0 atom stereocenters. The van der Waals surface area contributed by atoms with Crippen LogP contribution in [-0.2, 0) is 0 Å². The smallest absolute Gasteiger partial charge is 0.123 e. The first-order valence-electron chi connectivity index (χ1n) is 3.57. The van der Waals surface area contributed by atoms with Gasteiger partial charge in [0.1, 0.15) is 12.7 Å². The van der Waals surface area contributed by atoms with Gasteiger partial charge in [0.2, 0.25) is 0 Å². The van der Waals surface area contributed by atoms with Crippen LogP contribution in [0.2, 0.25) is 0 Å². The van der Waals surface area contributed by atoms with Gasteiger partial charge in [0.15, 0.2) is 0 Å². The molecular formula is C8H8N4. The molecule has 2 aromatic rings. The minimum atomic E-state index is 0.737. The fourth-order valence-electron chi connectivity index (χ4n) is 1.02. The van der Waals surface area contributed by atoms with Gasteiger partial charge in [0, 0.05) is 5.69 Å². The molecule has 0 aliphatic heterocycles. The van der Waals surface area contributed by atoms with Crippen molar-refractivity contribution < 1.29 is 0 Å². The highest BCUT2D eigenvalue weighted by Gasteiger charge is 1.94. The van der Waals surface area contributed by atoms with Crippen LogP contribution >= 0.6 is 0 Å². The SMILES string of the molecule is Nc1cccc(-n2cnnc2)c1. The van der Waals surface area contributed by atoms with Crippen molar-refractivity contribution in [1.82, 2.24) is 14.8 Å². The highest BCUT2D eigenvalue weighted by Crippen LogP contribution is 2.09. The third kappa shape index (κ3) is 1.14. The van der Waals surface area contributed by atoms with E-state index in [-0.39, 0.29) is 0 Å². The van der Waals surface area contributed by atoms with Gasteiger partial charge >= 0.3 is 0 Å². The molecule has 0 saturated carbocycles. The van der Waals surface area contributed by atoms with Crippen molar-refractivity contribution in [3.05, 3.63) is 36.9 Å². The Labute approximate surface area is 69.7 Å². The molecule has 0 spiro atoms. The molecule has 0 aliphatic rings. The third-order valence-electron chi connectivity index (χ3n) is 1.59. The van der Waals surface area contributed by atoms with Gasteiger partial charge in [-0.25, -0.2) is 0 Å². The first-order chi connectivity index (χ1) is 5.86. The number of aromatic nitrogens is 3. The Morgan fingerprint density at radius 2 is 1.92 bits per heavy atom. The van der Waals surface area contributed by atoms with Crippen LogP contribution in [0.15, 0.2) is 36.9 Å². The maximum atomic E-state index is 5.61. The number of nitrogens with zero attached hydrogens (tertiary/aromatic N) is 3. The summed E-state index contributed by atoms with van der Waals surface area (Å²) < 4.78 is 1.80. The van der Waals surface area contributed by atoms with Crippen molar-refractivity contribution in [2.75, 3.05) is 5.73 Å². The molecule has 2 N–H and O–H groups in total. The Bertz CT molecular complexity index is 366. The monoisotopic (exact) mass is 160 g/mol. The van der Waals surface area contributed by atoms with E-state index in [4.69, 9.17) is 5.73 Å². The lowest BCUT2D eigenvalue weighted by Crippen LogP contribution is -1.91. The van der Waals surface area contributed by atoms with E-state index in [1.165, 1.54) is 0 Å². The number of nitrogens with two attached hydrogens (primary N) is 1. The minimum absolute atomic E-state index is 0.737. The predicted octanol–water partition coefficient (Wildman–Crippen LogP) is 0.850. The van der Waals surface area contributed by atoms with Gasteiger partial charge in [-0.2, -0.15) is 0 Å². The van der Waals surface area contributed by atoms with Crippen LogP contribution in [0.5, 0.6) is 0 Å². The molecule has 60 valence electrons. The van der Waals surface area contributed by atoms with Crippen LogP contribution in [0.4, 0.5) is 5.69 Å². The molecule has 0 bridgehead atoms. The molecular weight excluding hydrogens is 152 g/mol. The predicted molar refractivity (Wildman–Crippen MR) is 45.8 cm³/mol. The average Bonchev–Trinajstić information content (AvgIpc) is 2.56. The summed E-state index contributed by atoms with van der Waals surface area (Å²) in [7, 11) is 0. The second-order valence-electron chi connectivity index (χ2n) is 2.46. The van der Waals surface area contributed by atoms with E-state index in [1.54, 1.807) is 17.2 Å². The summed E-state index contributed by atoms with van der Waals surface area (Å²) in [4.78, 5) is 0. The Hall–Kier alpha value is -1.84. The highest BCUT2D eigenvalue weighted by molar-refractivity contribution is 5.47. The number of hydrogen-bond acceptors (Lipinski definition) is 3. The van der Waals surface area contributed by atoms with E-state index in [1.807, 2.05) is 24.3 Å². The zero-order valence-electron chi connectivity index (χ0n) is 6.38. The maximum Gasteiger partial charge on any atom is 0.123 e. The number of benzene rings is 1. The van der Waals surface area contributed by atoms with Crippen LogP contribution in [0, 0.1) is 0 Å². The van der Waals surface area contributed by atoms with Gasteiger partial charge in [-0.15, -0.1) is 10.2 Å². The molecule has 1 heterocycles. The molecule has 12 heavy (non-hydrogen) atoms. The van der Waals surface area contributed by atoms with Crippen molar-refractivity contribution in [3.63, 3.8) is 0 Å². The third-order valence-corrected chi connectivity index (χ3v) is 1.59. The van der Waals surface area contributed by atoms with Gasteiger partial charge in [-0.1, -0.05) is 6.07 Å². The molecule has 0 aliphatic carbocycles. The molecule has 0 radical (unpaired) electrons. The van der Waals surface area contributed by atoms with Gasteiger partial charge in [0.25, 0.3) is 0 Å². The van der Waals surface area contributed by atoms with E-state index >= 15 is 0 Å². The molecule has 4 nitrogen and oxygen atoms in total. The van der Waals surface area contributed by atoms with Crippen LogP contribution < -0.4 is 5.73 Å². The second kappa shape index (κ2) is 2.65. The summed E-state index contributed by atoms with van der Waals surface area (Å²) in [5, 5.41) is 7.40. The summed E-state index contributed by atoms with van der Waals surface area (Å²) in [6.07, 6.45) is 3.27. The van der Waals surface area contributed by atoms with Crippen molar-refractivity contribution in [3.8, 4) is 5.69 Å². The van der Waals surface area contributed by atoms with Crippen LogP contribution in [0.1, 0.15) is 0 Å². The van der Waals surface area contributed by atoms with E-state index < -0.39 is 0 Å². The molecule has 0 amide bonds. The summed E-state index contributed by atoms with van der Waals surface area (Å²) in [6, 6.07) is 7.54. The zero-order valence-corrected chi connectivity index (χ0v) is 6.38. The fraction of sp³-hybridized carbons (Fsp3) is 0. The standard InChI is InChI=1S/C8H8N4/c9-7-2-1-3-8(4-7)12-5-10-11-6-12/h1-6H,9H2.